The zero-order valence-electron chi connectivity index (χ0n) is 11.6. The van der Waals surface area contributed by atoms with Gasteiger partial charge in [-0.3, -0.25) is 5.10 Å². The molecule has 0 aliphatic heterocycles. The highest BCUT2D eigenvalue weighted by atomic mass is 35.5. The molecule has 0 amide bonds. The lowest BCUT2D eigenvalue weighted by atomic mass is 10.2. The van der Waals surface area contributed by atoms with Crippen LogP contribution in [-0.2, 0) is 0 Å². The second kappa shape index (κ2) is 5.49. The molecule has 0 saturated carbocycles. The van der Waals surface area contributed by atoms with Crippen LogP contribution in [0, 0.1) is 0 Å². The molecule has 0 aliphatic rings. The summed E-state index contributed by atoms with van der Waals surface area (Å²) in [6.45, 7) is 0. The Kier molecular flexibility index (Phi) is 3.53. The summed E-state index contributed by atoms with van der Waals surface area (Å²) in [6, 6.07) is 8.05. The van der Waals surface area contributed by atoms with Gasteiger partial charge < -0.3 is 4.90 Å². The van der Waals surface area contributed by atoms with Crippen LogP contribution < -0.4 is 4.90 Å². The number of aliphatic imine (C=N–C) groups is 1. The van der Waals surface area contributed by atoms with Crippen LogP contribution in [0.4, 0.5) is 11.5 Å². The van der Waals surface area contributed by atoms with Gasteiger partial charge >= 0.3 is 0 Å². The van der Waals surface area contributed by atoms with Gasteiger partial charge in [0, 0.05) is 26.0 Å². The Morgan fingerprint density at radius 2 is 1.95 bits per heavy atom. The lowest BCUT2D eigenvalue weighted by Crippen LogP contribution is -2.08. The molecule has 106 valence electrons. The highest BCUT2D eigenvalue weighted by molar-refractivity contribution is 6.28. The lowest BCUT2D eigenvalue weighted by molar-refractivity contribution is 1.09. The predicted octanol–water partition coefficient (Wildman–Crippen LogP) is 2.82. The third kappa shape index (κ3) is 2.85. The van der Waals surface area contributed by atoms with E-state index in [1.165, 1.54) is 0 Å². The molecule has 0 atom stereocenters. The van der Waals surface area contributed by atoms with Crippen LogP contribution in [-0.4, -0.2) is 40.5 Å². The summed E-state index contributed by atoms with van der Waals surface area (Å²) in [5, 5.41) is 7.55. The molecule has 0 saturated heterocycles. The summed E-state index contributed by atoms with van der Waals surface area (Å²) in [5.74, 6) is 0.496. The monoisotopic (exact) mass is 300 g/mol. The fraction of sp³-hybridized carbons (Fsp3) is 0.143. The Morgan fingerprint density at radius 3 is 2.67 bits per heavy atom. The molecule has 7 heteroatoms. The van der Waals surface area contributed by atoms with E-state index >= 15 is 0 Å². The lowest BCUT2D eigenvalue weighted by Gasteiger charge is -2.11. The van der Waals surface area contributed by atoms with E-state index < -0.39 is 0 Å². The number of hydrogen-bond acceptors (Lipinski definition) is 5. The minimum absolute atomic E-state index is 0.141. The van der Waals surface area contributed by atoms with Gasteiger partial charge in [0.25, 0.3) is 0 Å². The van der Waals surface area contributed by atoms with Crippen molar-refractivity contribution >= 4 is 40.4 Å². The summed E-state index contributed by atoms with van der Waals surface area (Å²) in [4.78, 5) is 14.6. The molecular formula is C14H13ClN6. The first-order valence-corrected chi connectivity index (χ1v) is 6.69. The zero-order chi connectivity index (χ0) is 14.8. The van der Waals surface area contributed by atoms with Crippen molar-refractivity contribution in [2.75, 3.05) is 19.0 Å². The van der Waals surface area contributed by atoms with E-state index in [0.717, 1.165) is 16.6 Å². The minimum atomic E-state index is 0.141. The second-order valence-corrected chi connectivity index (χ2v) is 5.03. The molecule has 0 unspecified atom stereocenters. The molecule has 0 aliphatic carbocycles. The number of rotatable bonds is 3. The van der Waals surface area contributed by atoms with Crippen molar-refractivity contribution in [2.45, 2.75) is 0 Å². The highest BCUT2D eigenvalue weighted by Crippen LogP contribution is 2.22. The molecule has 3 aromatic rings. The topological polar surface area (TPSA) is 70.1 Å². The van der Waals surface area contributed by atoms with Gasteiger partial charge in [0.1, 0.15) is 0 Å². The molecule has 0 bridgehead atoms. The number of hydrogen-bond donors (Lipinski definition) is 1. The molecule has 21 heavy (non-hydrogen) atoms. The quantitative estimate of drug-likeness (QED) is 0.596. The Labute approximate surface area is 126 Å². The average Bonchev–Trinajstić information content (AvgIpc) is 2.93. The van der Waals surface area contributed by atoms with Crippen LogP contribution >= 0.6 is 11.6 Å². The van der Waals surface area contributed by atoms with Gasteiger partial charge in [-0.2, -0.15) is 15.1 Å². The van der Waals surface area contributed by atoms with Crippen molar-refractivity contribution in [1.29, 1.82) is 0 Å². The molecule has 2 heterocycles. The Hall–Kier alpha value is -2.47. The molecule has 0 fully saturated rings. The smallest absolute Gasteiger partial charge is 0.226 e. The van der Waals surface area contributed by atoms with Gasteiger partial charge in [0.15, 0.2) is 11.5 Å². The van der Waals surface area contributed by atoms with E-state index in [1.54, 1.807) is 12.4 Å². The predicted molar refractivity (Wildman–Crippen MR) is 84.7 cm³/mol. The SMILES string of the molecule is CN(C)c1ccc(C=Nc2nc(Cl)nc3[nH]ncc23)cc1. The van der Waals surface area contributed by atoms with Crippen molar-refractivity contribution in [1.82, 2.24) is 20.2 Å². The molecule has 6 nitrogen and oxygen atoms in total. The van der Waals surface area contributed by atoms with Gasteiger partial charge in [-0.15, -0.1) is 0 Å². The fourth-order valence-corrected chi connectivity index (χ4v) is 2.05. The minimum Gasteiger partial charge on any atom is -0.378 e. The maximum absolute atomic E-state index is 5.87. The summed E-state index contributed by atoms with van der Waals surface area (Å²) >= 11 is 5.87. The summed E-state index contributed by atoms with van der Waals surface area (Å²) in [7, 11) is 4.00. The first kappa shape index (κ1) is 13.5. The first-order valence-electron chi connectivity index (χ1n) is 6.31. The molecule has 0 spiro atoms. The zero-order valence-corrected chi connectivity index (χ0v) is 12.3. The third-order valence-corrected chi connectivity index (χ3v) is 3.18. The number of halogens is 1. The number of anilines is 1. The normalized spacial score (nSPS) is 11.4. The van der Waals surface area contributed by atoms with Gasteiger partial charge in [0.05, 0.1) is 11.6 Å². The van der Waals surface area contributed by atoms with E-state index in [1.807, 2.05) is 43.3 Å². The van der Waals surface area contributed by atoms with E-state index in [0.29, 0.717) is 11.5 Å². The Morgan fingerprint density at radius 1 is 1.19 bits per heavy atom. The van der Waals surface area contributed by atoms with Crippen molar-refractivity contribution in [3.8, 4) is 0 Å². The number of benzene rings is 1. The van der Waals surface area contributed by atoms with Gasteiger partial charge in [-0.25, -0.2) is 4.99 Å². The van der Waals surface area contributed by atoms with Crippen molar-refractivity contribution < 1.29 is 0 Å². The van der Waals surface area contributed by atoms with Crippen LogP contribution in [0.3, 0.4) is 0 Å². The third-order valence-electron chi connectivity index (χ3n) is 3.01. The van der Waals surface area contributed by atoms with Crippen LogP contribution in [0.5, 0.6) is 0 Å². The molecule has 1 aromatic carbocycles. The van der Waals surface area contributed by atoms with Crippen LogP contribution in [0.25, 0.3) is 11.0 Å². The molecule has 2 aromatic heterocycles. The maximum Gasteiger partial charge on any atom is 0.226 e. The highest BCUT2D eigenvalue weighted by Gasteiger charge is 2.06. The van der Waals surface area contributed by atoms with Crippen LogP contribution in [0.1, 0.15) is 5.56 Å². The van der Waals surface area contributed by atoms with Crippen LogP contribution in [0.2, 0.25) is 5.28 Å². The van der Waals surface area contributed by atoms with E-state index in [-0.39, 0.29) is 5.28 Å². The first-order chi connectivity index (χ1) is 10.1. The van der Waals surface area contributed by atoms with Crippen molar-refractivity contribution in [2.24, 2.45) is 4.99 Å². The number of fused-ring (bicyclic) bond motifs is 1. The second-order valence-electron chi connectivity index (χ2n) is 4.69. The summed E-state index contributed by atoms with van der Waals surface area (Å²) < 4.78 is 0. The maximum atomic E-state index is 5.87. The number of aromatic amines is 1. The molecule has 3 rings (SSSR count). The molecular weight excluding hydrogens is 288 g/mol. The standard InChI is InChI=1S/C14H13ClN6/c1-21(2)10-5-3-9(4-6-10)7-16-12-11-8-17-20-13(11)19-14(15)18-12/h3-8H,1-2H3,(H,17,18,19,20). The van der Waals surface area contributed by atoms with Gasteiger partial charge in [-0.1, -0.05) is 12.1 Å². The van der Waals surface area contributed by atoms with E-state index in [2.05, 4.69) is 25.2 Å². The average molecular weight is 301 g/mol. The Bertz CT molecular complexity index is 791. The summed E-state index contributed by atoms with van der Waals surface area (Å²) in [5.41, 5.74) is 2.69. The number of H-pyrrole nitrogens is 1. The van der Waals surface area contributed by atoms with Gasteiger partial charge in [0.2, 0.25) is 5.28 Å². The van der Waals surface area contributed by atoms with Crippen LogP contribution in [0.15, 0.2) is 35.5 Å². The van der Waals surface area contributed by atoms with Crippen molar-refractivity contribution in [3.05, 3.63) is 41.3 Å². The number of nitrogens with one attached hydrogen (secondary N) is 1. The molecule has 1 N–H and O–H groups in total. The number of nitrogens with zero attached hydrogens (tertiary/aromatic N) is 5. The largest absolute Gasteiger partial charge is 0.378 e. The fourth-order valence-electron chi connectivity index (χ4n) is 1.89. The van der Waals surface area contributed by atoms with E-state index in [9.17, 15) is 0 Å². The number of aromatic nitrogens is 4. The summed E-state index contributed by atoms with van der Waals surface area (Å²) in [6.07, 6.45) is 3.37. The van der Waals surface area contributed by atoms with Gasteiger partial charge in [-0.05, 0) is 29.3 Å². The van der Waals surface area contributed by atoms with E-state index in [4.69, 9.17) is 11.6 Å². The Balaban J connectivity index is 1.92. The van der Waals surface area contributed by atoms with Crippen molar-refractivity contribution in [3.63, 3.8) is 0 Å². The molecule has 0 radical (unpaired) electrons.